The van der Waals surface area contributed by atoms with Crippen molar-refractivity contribution in [1.29, 1.82) is 0 Å². The Bertz CT molecular complexity index is 587. The van der Waals surface area contributed by atoms with Gasteiger partial charge in [0.25, 0.3) is 0 Å². The van der Waals surface area contributed by atoms with Gasteiger partial charge in [-0.3, -0.25) is 0 Å². The molecule has 100 valence electrons. The van der Waals surface area contributed by atoms with Crippen LogP contribution in [0.1, 0.15) is 5.56 Å². The Morgan fingerprint density at radius 3 is 2.63 bits per heavy atom. The van der Waals surface area contributed by atoms with E-state index in [1.165, 1.54) is 7.11 Å². The van der Waals surface area contributed by atoms with E-state index >= 15 is 0 Å². The molecule has 0 saturated heterocycles. The number of halogens is 1. The highest BCUT2D eigenvalue weighted by Gasteiger charge is 2.10. The molecule has 4 nitrogen and oxygen atoms in total. The summed E-state index contributed by atoms with van der Waals surface area (Å²) in [6.07, 6.45) is 0. The summed E-state index contributed by atoms with van der Waals surface area (Å²) in [4.78, 5) is 0. The van der Waals surface area contributed by atoms with Crippen molar-refractivity contribution >= 4 is 17.3 Å². The van der Waals surface area contributed by atoms with Crippen molar-refractivity contribution in [2.24, 2.45) is 0 Å². The maximum absolute atomic E-state index is 9.08. The number of nitrogen functional groups attached to an aromatic ring is 1. The Morgan fingerprint density at radius 2 is 1.95 bits per heavy atom. The summed E-state index contributed by atoms with van der Waals surface area (Å²) in [5, 5.41) is 9.52. The number of para-hydroxylation sites is 1. The standard InChI is InChI=1S/C14H14ClNO3/c1-18-13-7-9(8-17)5-6-11(13)19-12-4-2-3-10(15)14(12)16/h2-7,17H,8,16H2,1H3. The van der Waals surface area contributed by atoms with Gasteiger partial charge in [0.05, 0.1) is 24.4 Å². The van der Waals surface area contributed by atoms with Crippen LogP contribution >= 0.6 is 11.6 Å². The fourth-order valence-electron chi connectivity index (χ4n) is 1.62. The third-order valence-corrected chi connectivity index (χ3v) is 2.97. The van der Waals surface area contributed by atoms with Crippen LogP contribution in [0.15, 0.2) is 36.4 Å². The number of aliphatic hydroxyl groups is 1. The molecular weight excluding hydrogens is 266 g/mol. The number of hydrogen-bond acceptors (Lipinski definition) is 4. The largest absolute Gasteiger partial charge is 0.493 e. The Labute approximate surface area is 116 Å². The smallest absolute Gasteiger partial charge is 0.169 e. The molecule has 0 unspecified atom stereocenters. The van der Waals surface area contributed by atoms with Gasteiger partial charge in [-0.2, -0.15) is 0 Å². The van der Waals surface area contributed by atoms with Gasteiger partial charge in [-0.15, -0.1) is 0 Å². The number of anilines is 1. The summed E-state index contributed by atoms with van der Waals surface area (Å²) in [7, 11) is 1.53. The molecule has 5 heteroatoms. The van der Waals surface area contributed by atoms with E-state index in [4.69, 9.17) is 31.9 Å². The minimum Gasteiger partial charge on any atom is -0.493 e. The maximum atomic E-state index is 9.08. The topological polar surface area (TPSA) is 64.7 Å². The Morgan fingerprint density at radius 1 is 1.16 bits per heavy atom. The van der Waals surface area contributed by atoms with E-state index in [-0.39, 0.29) is 6.61 Å². The van der Waals surface area contributed by atoms with Crippen molar-refractivity contribution < 1.29 is 14.6 Å². The molecule has 0 aliphatic heterocycles. The molecule has 2 aromatic rings. The third kappa shape index (κ3) is 2.92. The van der Waals surface area contributed by atoms with Gasteiger partial charge in [0.1, 0.15) is 0 Å². The van der Waals surface area contributed by atoms with E-state index < -0.39 is 0 Å². The molecule has 3 N–H and O–H groups in total. The quantitative estimate of drug-likeness (QED) is 0.844. The second kappa shape index (κ2) is 5.82. The number of hydrogen-bond donors (Lipinski definition) is 2. The first kappa shape index (κ1) is 13.5. The van der Waals surface area contributed by atoms with E-state index in [1.54, 1.807) is 36.4 Å². The van der Waals surface area contributed by atoms with E-state index in [0.717, 1.165) is 5.56 Å². The summed E-state index contributed by atoms with van der Waals surface area (Å²) in [5.74, 6) is 1.49. The van der Waals surface area contributed by atoms with Gasteiger partial charge in [0, 0.05) is 0 Å². The van der Waals surface area contributed by atoms with Crippen LogP contribution in [0.4, 0.5) is 5.69 Å². The third-order valence-electron chi connectivity index (χ3n) is 2.64. The fraction of sp³-hybridized carbons (Fsp3) is 0.143. The lowest BCUT2D eigenvalue weighted by Gasteiger charge is -2.13. The number of rotatable bonds is 4. The van der Waals surface area contributed by atoms with Crippen molar-refractivity contribution in [3.63, 3.8) is 0 Å². The first-order valence-corrected chi connectivity index (χ1v) is 6.03. The zero-order valence-corrected chi connectivity index (χ0v) is 11.1. The highest BCUT2D eigenvalue weighted by atomic mass is 35.5. The minimum absolute atomic E-state index is 0.0596. The predicted molar refractivity (Wildman–Crippen MR) is 74.9 cm³/mol. The summed E-state index contributed by atoms with van der Waals surface area (Å²) < 4.78 is 10.9. The number of benzene rings is 2. The van der Waals surface area contributed by atoms with Gasteiger partial charge in [-0.25, -0.2) is 0 Å². The highest BCUT2D eigenvalue weighted by molar-refractivity contribution is 6.33. The lowest BCUT2D eigenvalue weighted by Crippen LogP contribution is -1.96. The number of aliphatic hydroxyl groups excluding tert-OH is 1. The molecule has 0 heterocycles. The van der Waals surface area contributed by atoms with E-state index in [1.807, 2.05) is 0 Å². The summed E-state index contributed by atoms with van der Waals surface area (Å²) in [6.45, 7) is -0.0596. The SMILES string of the molecule is COc1cc(CO)ccc1Oc1cccc(Cl)c1N. The van der Waals surface area contributed by atoms with E-state index in [2.05, 4.69) is 0 Å². The molecule has 2 rings (SSSR count). The molecule has 0 bridgehead atoms. The van der Waals surface area contributed by atoms with E-state index in [9.17, 15) is 0 Å². The number of methoxy groups -OCH3 is 1. The highest BCUT2D eigenvalue weighted by Crippen LogP contribution is 2.37. The molecule has 0 radical (unpaired) electrons. The molecule has 0 amide bonds. The maximum Gasteiger partial charge on any atom is 0.169 e. The Kier molecular flexibility index (Phi) is 4.14. The first-order valence-electron chi connectivity index (χ1n) is 5.65. The van der Waals surface area contributed by atoms with Crippen molar-refractivity contribution in [1.82, 2.24) is 0 Å². The van der Waals surface area contributed by atoms with Crippen LogP contribution in [0.3, 0.4) is 0 Å². The Hall–Kier alpha value is -1.91. The second-order valence-electron chi connectivity index (χ2n) is 3.90. The molecule has 0 atom stereocenters. The first-order chi connectivity index (χ1) is 9.15. The molecule has 2 aromatic carbocycles. The zero-order chi connectivity index (χ0) is 13.8. The summed E-state index contributed by atoms with van der Waals surface area (Å²) >= 11 is 5.93. The molecule has 0 fully saturated rings. The number of ether oxygens (including phenoxy) is 2. The van der Waals surface area contributed by atoms with Crippen molar-refractivity contribution in [2.75, 3.05) is 12.8 Å². The monoisotopic (exact) mass is 279 g/mol. The summed E-state index contributed by atoms with van der Waals surface area (Å²) in [6, 6.07) is 10.3. The van der Waals surface area contributed by atoms with Gasteiger partial charge >= 0.3 is 0 Å². The van der Waals surface area contributed by atoms with E-state index in [0.29, 0.717) is 28.0 Å². The van der Waals surface area contributed by atoms with Crippen molar-refractivity contribution in [3.05, 3.63) is 47.0 Å². The van der Waals surface area contributed by atoms with Crippen LogP contribution in [0.5, 0.6) is 17.2 Å². The summed E-state index contributed by atoms with van der Waals surface area (Å²) in [5.41, 5.74) is 6.95. The zero-order valence-electron chi connectivity index (χ0n) is 10.4. The Balaban J connectivity index is 2.35. The normalized spacial score (nSPS) is 10.3. The van der Waals surface area contributed by atoms with Crippen LogP contribution in [0, 0.1) is 0 Å². The predicted octanol–water partition coefficient (Wildman–Crippen LogP) is 3.22. The minimum atomic E-state index is -0.0596. The lowest BCUT2D eigenvalue weighted by atomic mass is 10.2. The van der Waals surface area contributed by atoms with Crippen molar-refractivity contribution in [3.8, 4) is 17.2 Å². The molecular formula is C14H14ClNO3. The van der Waals surface area contributed by atoms with Crippen LogP contribution in [-0.2, 0) is 6.61 Å². The molecule has 0 saturated carbocycles. The molecule has 0 aromatic heterocycles. The second-order valence-corrected chi connectivity index (χ2v) is 4.30. The molecule has 0 aliphatic rings. The van der Waals surface area contributed by atoms with Crippen LogP contribution < -0.4 is 15.2 Å². The molecule has 0 spiro atoms. The molecule has 0 aliphatic carbocycles. The van der Waals surface area contributed by atoms with Gasteiger partial charge < -0.3 is 20.3 Å². The molecule has 19 heavy (non-hydrogen) atoms. The van der Waals surface area contributed by atoms with Gasteiger partial charge in [0.2, 0.25) is 0 Å². The number of nitrogens with two attached hydrogens (primary N) is 1. The lowest BCUT2D eigenvalue weighted by molar-refractivity contribution is 0.280. The average molecular weight is 280 g/mol. The van der Waals surface area contributed by atoms with Gasteiger partial charge in [-0.05, 0) is 29.8 Å². The van der Waals surface area contributed by atoms with Crippen LogP contribution in [-0.4, -0.2) is 12.2 Å². The fourth-order valence-corrected chi connectivity index (χ4v) is 1.79. The van der Waals surface area contributed by atoms with Crippen molar-refractivity contribution in [2.45, 2.75) is 6.61 Å². The van der Waals surface area contributed by atoms with Crippen LogP contribution in [0.25, 0.3) is 0 Å². The average Bonchev–Trinajstić information content (AvgIpc) is 2.44. The van der Waals surface area contributed by atoms with Gasteiger partial charge in [0.15, 0.2) is 17.2 Å². The van der Waals surface area contributed by atoms with Crippen LogP contribution in [0.2, 0.25) is 5.02 Å². The van der Waals surface area contributed by atoms with Gasteiger partial charge in [-0.1, -0.05) is 23.7 Å².